The van der Waals surface area contributed by atoms with Crippen molar-refractivity contribution in [2.75, 3.05) is 5.32 Å². The Morgan fingerprint density at radius 2 is 1.81 bits per heavy atom. The quantitative estimate of drug-likeness (QED) is 0.672. The molecule has 3 N–H and O–H groups in total. The number of H-pyrrole nitrogens is 1. The molecule has 3 rings (SSSR count). The monoisotopic (exact) mass is 280 g/mol. The van der Waals surface area contributed by atoms with Gasteiger partial charge in [-0.25, -0.2) is 4.79 Å². The molecule has 4 nitrogen and oxygen atoms in total. The third-order valence-electron chi connectivity index (χ3n) is 3.51. The van der Waals surface area contributed by atoms with Crippen LogP contribution in [0.15, 0.2) is 60.8 Å². The second kappa shape index (κ2) is 5.71. The molecule has 0 unspecified atom stereocenters. The average Bonchev–Trinajstić information content (AvgIpc) is 2.91. The van der Waals surface area contributed by atoms with Gasteiger partial charge in [0, 0.05) is 29.2 Å². The van der Waals surface area contributed by atoms with Gasteiger partial charge in [-0.2, -0.15) is 0 Å². The lowest BCUT2D eigenvalue weighted by Gasteiger charge is -2.15. The molecule has 4 heteroatoms. The highest BCUT2D eigenvalue weighted by molar-refractivity contribution is 5.85. The van der Waals surface area contributed by atoms with E-state index in [1.807, 2.05) is 60.8 Å². The topological polar surface area (TPSA) is 65.1 Å². The third kappa shape index (κ3) is 2.89. The number of aromatic amines is 1. The Labute approximate surface area is 122 Å². The largest absolute Gasteiger partial charge is 0.480 e. The molecule has 0 saturated carbocycles. The number of carboxylic acid groups (broad SMARTS) is 1. The summed E-state index contributed by atoms with van der Waals surface area (Å²) in [4.78, 5) is 14.7. The molecular weight excluding hydrogens is 264 g/mol. The first-order valence-electron chi connectivity index (χ1n) is 6.83. The zero-order chi connectivity index (χ0) is 14.7. The molecule has 1 heterocycles. The summed E-state index contributed by atoms with van der Waals surface area (Å²) in [5.74, 6) is -0.857. The second-order valence-corrected chi connectivity index (χ2v) is 4.96. The predicted octanol–water partition coefficient (Wildman–Crippen LogP) is 3.28. The van der Waals surface area contributed by atoms with Crippen LogP contribution in [0.25, 0.3) is 10.9 Å². The molecule has 106 valence electrons. The molecule has 0 aliphatic heterocycles. The van der Waals surface area contributed by atoms with Gasteiger partial charge in [-0.05, 0) is 23.8 Å². The second-order valence-electron chi connectivity index (χ2n) is 4.96. The van der Waals surface area contributed by atoms with Gasteiger partial charge < -0.3 is 15.4 Å². The van der Waals surface area contributed by atoms with E-state index in [1.165, 1.54) is 0 Å². The summed E-state index contributed by atoms with van der Waals surface area (Å²) in [6.45, 7) is 0. The maximum absolute atomic E-state index is 11.5. The van der Waals surface area contributed by atoms with Gasteiger partial charge in [-0.3, -0.25) is 0 Å². The highest BCUT2D eigenvalue weighted by Gasteiger charge is 2.19. The van der Waals surface area contributed by atoms with Crippen LogP contribution in [0.5, 0.6) is 0 Å². The van der Waals surface area contributed by atoms with Crippen molar-refractivity contribution in [1.82, 2.24) is 4.98 Å². The molecule has 3 aromatic rings. The summed E-state index contributed by atoms with van der Waals surface area (Å²) in [5.41, 5.74) is 2.84. The molecular formula is C17H16N2O2. The van der Waals surface area contributed by atoms with Gasteiger partial charge in [-0.15, -0.1) is 0 Å². The van der Waals surface area contributed by atoms with Gasteiger partial charge in [0.2, 0.25) is 0 Å². The number of carbonyl (C=O) groups is 1. The first-order valence-corrected chi connectivity index (χ1v) is 6.83. The fourth-order valence-corrected chi connectivity index (χ4v) is 2.46. The number of rotatable bonds is 5. The van der Waals surface area contributed by atoms with Gasteiger partial charge in [-0.1, -0.05) is 36.4 Å². The van der Waals surface area contributed by atoms with Crippen molar-refractivity contribution in [3.63, 3.8) is 0 Å². The summed E-state index contributed by atoms with van der Waals surface area (Å²) in [5, 5.41) is 13.6. The Bertz CT molecular complexity index is 750. The maximum atomic E-state index is 11.5. The Morgan fingerprint density at radius 3 is 2.57 bits per heavy atom. The molecule has 0 amide bonds. The van der Waals surface area contributed by atoms with Crippen LogP contribution in [0.2, 0.25) is 0 Å². The van der Waals surface area contributed by atoms with Gasteiger partial charge in [0.1, 0.15) is 6.04 Å². The number of hydrogen-bond donors (Lipinski definition) is 3. The number of benzene rings is 2. The Kier molecular flexibility index (Phi) is 3.60. The lowest BCUT2D eigenvalue weighted by molar-refractivity contribution is -0.137. The van der Waals surface area contributed by atoms with Crippen molar-refractivity contribution >= 4 is 22.6 Å². The van der Waals surface area contributed by atoms with Crippen LogP contribution < -0.4 is 5.32 Å². The SMILES string of the molecule is O=C(O)[C@@H](Cc1c[nH]c2ccccc12)Nc1ccccc1. The first-order chi connectivity index (χ1) is 10.2. The number of aliphatic carboxylic acids is 1. The summed E-state index contributed by atoms with van der Waals surface area (Å²) in [6.07, 6.45) is 2.31. The molecule has 21 heavy (non-hydrogen) atoms. The van der Waals surface area contributed by atoms with E-state index in [2.05, 4.69) is 10.3 Å². The number of para-hydroxylation sites is 2. The van der Waals surface area contributed by atoms with E-state index in [4.69, 9.17) is 0 Å². The van der Waals surface area contributed by atoms with Crippen LogP contribution in [-0.4, -0.2) is 22.1 Å². The van der Waals surface area contributed by atoms with Crippen LogP contribution in [0.4, 0.5) is 5.69 Å². The molecule has 0 spiro atoms. The smallest absolute Gasteiger partial charge is 0.326 e. The maximum Gasteiger partial charge on any atom is 0.326 e. The molecule has 1 atom stereocenters. The zero-order valence-electron chi connectivity index (χ0n) is 11.4. The minimum atomic E-state index is -0.857. The predicted molar refractivity (Wildman–Crippen MR) is 83.5 cm³/mol. The van der Waals surface area contributed by atoms with E-state index >= 15 is 0 Å². The van der Waals surface area contributed by atoms with E-state index in [1.54, 1.807) is 0 Å². The summed E-state index contributed by atoms with van der Waals surface area (Å²) >= 11 is 0. The molecule has 0 saturated heterocycles. The normalized spacial score (nSPS) is 12.2. The standard InChI is InChI=1S/C17H16N2O2/c20-17(21)16(19-13-6-2-1-3-7-13)10-12-11-18-15-9-5-4-8-14(12)15/h1-9,11,16,18-19H,10H2,(H,20,21)/t16-/m1/s1. The van der Waals surface area contributed by atoms with Crippen LogP contribution in [0.3, 0.4) is 0 Å². The highest BCUT2D eigenvalue weighted by atomic mass is 16.4. The fraction of sp³-hybridized carbons (Fsp3) is 0.118. The number of nitrogens with one attached hydrogen (secondary N) is 2. The molecule has 0 aliphatic carbocycles. The van der Waals surface area contributed by atoms with Crippen molar-refractivity contribution in [2.45, 2.75) is 12.5 Å². The molecule has 2 aromatic carbocycles. The number of hydrogen-bond acceptors (Lipinski definition) is 2. The number of aromatic nitrogens is 1. The summed E-state index contributed by atoms with van der Waals surface area (Å²) in [6, 6.07) is 16.6. The van der Waals surface area contributed by atoms with Crippen LogP contribution in [0, 0.1) is 0 Å². The van der Waals surface area contributed by atoms with Gasteiger partial charge in [0.15, 0.2) is 0 Å². The molecule has 0 radical (unpaired) electrons. The fourth-order valence-electron chi connectivity index (χ4n) is 2.46. The van der Waals surface area contributed by atoms with Crippen molar-refractivity contribution in [3.8, 4) is 0 Å². The van der Waals surface area contributed by atoms with Gasteiger partial charge in [0.25, 0.3) is 0 Å². The van der Waals surface area contributed by atoms with E-state index in [9.17, 15) is 9.90 Å². The van der Waals surface area contributed by atoms with E-state index in [0.29, 0.717) is 6.42 Å². The summed E-state index contributed by atoms with van der Waals surface area (Å²) < 4.78 is 0. The van der Waals surface area contributed by atoms with E-state index < -0.39 is 12.0 Å². The van der Waals surface area contributed by atoms with Crippen LogP contribution >= 0.6 is 0 Å². The Balaban J connectivity index is 1.84. The zero-order valence-corrected chi connectivity index (χ0v) is 11.4. The lowest BCUT2D eigenvalue weighted by Crippen LogP contribution is -2.31. The van der Waals surface area contributed by atoms with Crippen molar-refractivity contribution in [3.05, 3.63) is 66.4 Å². The third-order valence-corrected chi connectivity index (χ3v) is 3.51. The molecule has 0 aliphatic rings. The highest BCUT2D eigenvalue weighted by Crippen LogP contribution is 2.20. The van der Waals surface area contributed by atoms with E-state index in [-0.39, 0.29) is 0 Å². The van der Waals surface area contributed by atoms with Crippen LogP contribution in [0.1, 0.15) is 5.56 Å². The Hall–Kier alpha value is -2.75. The molecule has 0 fully saturated rings. The summed E-state index contributed by atoms with van der Waals surface area (Å²) in [7, 11) is 0. The van der Waals surface area contributed by atoms with Gasteiger partial charge >= 0.3 is 5.97 Å². The van der Waals surface area contributed by atoms with Crippen molar-refractivity contribution < 1.29 is 9.90 Å². The van der Waals surface area contributed by atoms with Crippen molar-refractivity contribution in [2.24, 2.45) is 0 Å². The lowest BCUT2D eigenvalue weighted by atomic mass is 10.0. The first kappa shape index (κ1) is 13.2. The number of fused-ring (bicyclic) bond motifs is 1. The minimum absolute atomic E-state index is 0.425. The van der Waals surface area contributed by atoms with Crippen LogP contribution in [-0.2, 0) is 11.2 Å². The minimum Gasteiger partial charge on any atom is -0.480 e. The number of anilines is 1. The number of carboxylic acids is 1. The molecule has 1 aromatic heterocycles. The average molecular weight is 280 g/mol. The van der Waals surface area contributed by atoms with E-state index in [0.717, 1.165) is 22.2 Å². The van der Waals surface area contributed by atoms with Gasteiger partial charge in [0.05, 0.1) is 0 Å². The Morgan fingerprint density at radius 1 is 1.10 bits per heavy atom. The van der Waals surface area contributed by atoms with Crippen molar-refractivity contribution in [1.29, 1.82) is 0 Å². The molecule has 0 bridgehead atoms.